The molecule has 0 fully saturated rings. The van der Waals surface area contributed by atoms with Gasteiger partial charge >= 0.3 is 0 Å². The lowest BCUT2D eigenvalue weighted by Crippen LogP contribution is -2.52. The second-order valence-corrected chi connectivity index (χ2v) is 11.1. The van der Waals surface area contributed by atoms with Crippen LogP contribution in [0.2, 0.25) is 0 Å². The third kappa shape index (κ3) is 7.12. The quantitative estimate of drug-likeness (QED) is 0.333. The molecular formula is C30H37N3O6S. The first-order valence-corrected chi connectivity index (χ1v) is 14.5. The van der Waals surface area contributed by atoms with Crippen molar-refractivity contribution in [2.75, 3.05) is 31.6 Å². The molecule has 0 saturated heterocycles. The normalized spacial score (nSPS) is 11.8. The molecule has 3 rings (SSSR count). The molecule has 1 N–H and O–H groups in total. The first-order chi connectivity index (χ1) is 19.2. The predicted octanol–water partition coefficient (Wildman–Crippen LogP) is 4.15. The lowest BCUT2D eigenvalue weighted by atomic mass is 10.1. The number of carbonyl (C=O) groups is 2. The van der Waals surface area contributed by atoms with E-state index in [9.17, 15) is 18.0 Å². The van der Waals surface area contributed by atoms with E-state index in [0.717, 1.165) is 15.4 Å². The van der Waals surface area contributed by atoms with Crippen LogP contribution in [0, 0.1) is 6.92 Å². The van der Waals surface area contributed by atoms with Crippen molar-refractivity contribution < 1.29 is 27.5 Å². The van der Waals surface area contributed by atoms with Gasteiger partial charge in [-0.15, -0.1) is 0 Å². The van der Waals surface area contributed by atoms with Crippen LogP contribution in [0.4, 0.5) is 5.69 Å². The Kier molecular flexibility index (Phi) is 10.6. The lowest BCUT2D eigenvalue weighted by molar-refractivity contribution is -0.140. The van der Waals surface area contributed by atoms with Crippen molar-refractivity contribution >= 4 is 27.5 Å². The zero-order valence-electron chi connectivity index (χ0n) is 23.6. The molecule has 0 bridgehead atoms. The van der Waals surface area contributed by atoms with Gasteiger partial charge in [-0.25, -0.2) is 8.42 Å². The molecule has 2 amide bonds. The number of amides is 2. The van der Waals surface area contributed by atoms with Crippen molar-refractivity contribution in [2.24, 2.45) is 0 Å². The maximum atomic E-state index is 14.0. The zero-order chi connectivity index (χ0) is 29.3. The Labute approximate surface area is 236 Å². The molecule has 0 spiro atoms. The lowest BCUT2D eigenvalue weighted by Gasteiger charge is -2.33. The Morgan fingerprint density at radius 2 is 1.55 bits per heavy atom. The van der Waals surface area contributed by atoms with Gasteiger partial charge < -0.3 is 19.7 Å². The van der Waals surface area contributed by atoms with E-state index in [1.54, 1.807) is 30.3 Å². The second-order valence-electron chi connectivity index (χ2n) is 9.19. The molecule has 9 nitrogen and oxygen atoms in total. The van der Waals surface area contributed by atoms with Crippen LogP contribution in [0.3, 0.4) is 0 Å². The fourth-order valence-corrected chi connectivity index (χ4v) is 5.76. The van der Waals surface area contributed by atoms with E-state index in [1.807, 2.05) is 45.0 Å². The standard InChI is InChI=1S/C30H37N3O6S/c1-6-26(30(35)31-7-2)32(20-23-15-13-22(3)14-16-23)29(34)21-33(24-11-9-8-10-12-24)40(36,37)25-17-18-27(38-4)28(19-25)39-5/h8-19,26H,6-7,20-21H2,1-5H3,(H,31,35)/t26-/m0/s1. The van der Waals surface area contributed by atoms with Crippen molar-refractivity contribution in [3.63, 3.8) is 0 Å². The number of ether oxygens (including phenoxy) is 2. The molecule has 40 heavy (non-hydrogen) atoms. The molecule has 0 aliphatic carbocycles. The molecule has 0 unspecified atom stereocenters. The summed E-state index contributed by atoms with van der Waals surface area (Å²) in [6.07, 6.45) is 0.358. The number of methoxy groups -OCH3 is 2. The molecule has 0 heterocycles. The Morgan fingerprint density at radius 3 is 2.12 bits per heavy atom. The molecule has 0 aliphatic rings. The molecule has 3 aromatic rings. The maximum Gasteiger partial charge on any atom is 0.264 e. The highest BCUT2D eigenvalue weighted by Crippen LogP contribution is 2.32. The highest BCUT2D eigenvalue weighted by molar-refractivity contribution is 7.92. The van der Waals surface area contributed by atoms with Crippen molar-refractivity contribution in [2.45, 2.75) is 44.7 Å². The van der Waals surface area contributed by atoms with Gasteiger partial charge in [0.15, 0.2) is 11.5 Å². The average molecular weight is 568 g/mol. The van der Waals surface area contributed by atoms with E-state index in [4.69, 9.17) is 9.47 Å². The Morgan fingerprint density at radius 1 is 0.900 bits per heavy atom. The van der Waals surface area contributed by atoms with Crippen LogP contribution in [0.15, 0.2) is 77.7 Å². The third-order valence-corrected chi connectivity index (χ3v) is 8.25. The van der Waals surface area contributed by atoms with Crippen molar-refractivity contribution in [3.8, 4) is 11.5 Å². The third-order valence-electron chi connectivity index (χ3n) is 6.48. The predicted molar refractivity (Wildman–Crippen MR) is 155 cm³/mol. The van der Waals surface area contributed by atoms with E-state index >= 15 is 0 Å². The first kappa shape index (κ1) is 30.5. The number of sulfonamides is 1. The van der Waals surface area contributed by atoms with Crippen LogP contribution >= 0.6 is 0 Å². The Hall–Kier alpha value is -4.05. The van der Waals surface area contributed by atoms with Crippen molar-refractivity contribution in [1.82, 2.24) is 10.2 Å². The fraction of sp³-hybridized carbons (Fsp3) is 0.333. The summed E-state index contributed by atoms with van der Waals surface area (Å²) in [5.41, 5.74) is 2.20. The summed E-state index contributed by atoms with van der Waals surface area (Å²) in [6.45, 7) is 5.64. The van der Waals surface area contributed by atoms with Gasteiger partial charge in [0, 0.05) is 19.2 Å². The SMILES string of the molecule is CCNC(=O)[C@H](CC)N(Cc1ccc(C)cc1)C(=O)CN(c1ccccc1)S(=O)(=O)c1ccc(OC)c(OC)c1. The van der Waals surface area contributed by atoms with Crippen LogP contribution in [0.5, 0.6) is 11.5 Å². The van der Waals surface area contributed by atoms with Crippen LogP contribution in [-0.2, 0) is 26.2 Å². The summed E-state index contributed by atoms with van der Waals surface area (Å²) in [6, 6.07) is 19.6. The number of aryl methyl sites for hydroxylation is 1. The van der Waals surface area contributed by atoms with Gasteiger partial charge in [0.25, 0.3) is 10.0 Å². The highest BCUT2D eigenvalue weighted by Gasteiger charge is 2.34. The van der Waals surface area contributed by atoms with E-state index in [-0.39, 0.29) is 23.1 Å². The molecule has 0 aliphatic heterocycles. The number of hydrogen-bond acceptors (Lipinski definition) is 6. The number of carbonyl (C=O) groups excluding carboxylic acids is 2. The van der Waals surface area contributed by atoms with Gasteiger partial charge in [0.05, 0.1) is 24.8 Å². The number of anilines is 1. The van der Waals surface area contributed by atoms with Gasteiger partial charge in [-0.05, 0) is 50.1 Å². The van der Waals surface area contributed by atoms with Gasteiger partial charge in [0.1, 0.15) is 12.6 Å². The topological polar surface area (TPSA) is 105 Å². The smallest absolute Gasteiger partial charge is 0.264 e. The molecule has 214 valence electrons. The molecule has 1 atom stereocenters. The summed E-state index contributed by atoms with van der Waals surface area (Å²) >= 11 is 0. The molecule has 0 saturated carbocycles. The molecule has 0 aromatic heterocycles. The largest absolute Gasteiger partial charge is 0.493 e. The van der Waals surface area contributed by atoms with E-state index in [1.165, 1.54) is 37.3 Å². The van der Waals surface area contributed by atoms with E-state index in [2.05, 4.69) is 5.32 Å². The van der Waals surface area contributed by atoms with E-state index < -0.39 is 28.5 Å². The monoisotopic (exact) mass is 567 g/mol. The summed E-state index contributed by atoms with van der Waals surface area (Å²) in [5.74, 6) is -0.182. The van der Waals surface area contributed by atoms with Crippen molar-refractivity contribution in [3.05, 3.63) is 83.9 Å². The van der Waals surface area contributed by atoms with Gasteiger partial charge in [-0.2, -0.15) is 0 Å². The average Bonchev–Trinajstić information content (AvgIpc) is 2.96. The number of nitrogens with zero attached hydrogens (tertiary/aromatic N) is 2. The minimum absolute atomic E-state index is 0.0670. The minimum Gasteiger partial charge on any atom is -0.493 e. The number of nitrogens with one attached hydrogen (secondary N) is 1. The number of hydrogen-bond donors (Lipinski definition) is 1. The van der Waals surface area contributed by atoms with Crippen LogP contribution in [0.25, 0.3) is 0 Å². The van der Waals surface area contributed by atoms with E-state index in [0.29, 0.717) is 24.4 Å². The number of likely N-dealkylation sites (N-methyl/N-ethyl adjacent to an activating group) is 1. The summed E-state index contributed by atoms with van der Waals surface area (Å²) in [4.78, 5) is 28.4. The van der Waals surface area contributed by atoms with Gasteiger partial charge in [-0.3, -0.25) is 13.9 Å². The summed E-state index contributed by atoms with van der Waals surface area (Å²) in [7, 11) is -1.35. The maximum absolute atomic E-state index is 14.0. The highest BCUT2D eigenvalue weighted by atomic mass is 32.2. The van der Waals surface area contributed by atoms with Crippen molar-refractivity contribution in [1.29, 1.82) is 0 Å². The van der Waals surface area contributed by atoms with Crippen LogP contribution < -0.4 is 19.1 Å². The molecule has 0 radical (unpaired) electrons. The summed E-state index contributed by atoms with van der Waals surface area (Å²) < 4.78 is 39.7. The minimum atomic E-state index is -4.23. The molecular weight excluding hydrogens is 530 g/mol. The Bertz CT molecular complexity index is 1390. The van der Waals surface area contributed by atoms with Gasteiger partial charge in [0.2, 0.25) is 11.8 Å². The van der Waals surface area contributed by atoms with Crippen LogP contribution in [-0.4, -0.2) is 58.5 Å². The van der Waals surface area contributed by atoms with Gasteiger partial charge in [-0.1, -0.05) is 55.0 Å². The first-order valence-electron chi connectivity index (χ1n) is 13.1. The fourth-order valence-electron chi connectivity index (χ4n) is 4.33. The van der Waals surface area contributed by atoms with Crippen LogP contribution in [0.1, 0.15) is 31.4 Å². The second kappa shape index (κ2) is 13.8. The molecule has 3 aromatic carbocycles. The molecule has 10 heteroatoms. The number of para-hydroxylation sites is 1. The zero-order valence-corrected chi connectivity index (χ0v) is 24.4. The number of benzene rings is 3. The number of rotatable bonds is 13. The summed E-state index contributed by atoms with van der Waals surface area (Å²) in [5, 5.41) is 2.80. The Balaban J connectivity index is 2.06.